The van der Waals surface area contributed by atoms with Crippen molar-refractivity contribution in [2.75, 3.05) is 0 Å². The van der Waals surface area contributed by atoms with Crippen molar-refractivity contribution in [3.05, 3.63) is 146 Å². The van der Waals surface area contributed by atoms with Crippen LogP contribution in [0, 0.1) is 0 Å². The van der Waals surface area contributed by atoms with Crippen LogP contribution in [0.5, 0.6) is 0 Å². The van der Waals surface area contributed by atoms with Crippen LogP contribution >= 0.6 is 0 Å². The highest BCUT2D eigenvalue weighted by Crippen LogP contribution is 2.34. The quantitative estimate of drug-likeness (QED) is 0.188. The number of aromatic nitrogens is 4. The molecule has 8 rings (SSSR count). The van der Waals surface area contributed by atoms with Crippen LogP contribution in [0.15, 0.2) is 146 Å². The van der Waals surface area contributed by atoms with Gasteiger partial charge in [0.05, 0.1) is 22.8 Å². The third-order valence-electron chi connectivity index (χ3n) is 8.68. The van der Waals surface area contributed by atoms with Crippen molar-refractivity contribution in [3.8, 4) is 67.8 Å². The Bertz CT molecular complexity index is 2120. The van der Waals surface area contributed by atoms with Gasteiger partial charge in [-0.3, -0.25) is 0 Å². The summed E-state index contributed by atoms with van der Waals surface area (Å²) in [6.45, 7) is 4.82. The molecule has 0 amide bonds. The molecule has 0 radical (unpaired) electrons. The van der Waals surface area contributed by atoms with Crippen LogP contribution in [-0.2, 0) is 0 Å². The summed E-state index contributed by atoms with van der Waals surface area (Å²) < 4.78 is 0. The number of hydrogen-bond donors (Lipinski definition) is 0. The normalized spacial score (nSPS) is 12.8. The van der Waals surface area contributed by atoms with Crippen LogP contribution in [0.4, 0.5) is 0 Å². The molecule has 1 aliphatic rings. The van der Waals surface area contributed by atoms with Gasteiger partial charge in [-0.1, -0.05) is 147 Å². The second kappa shape index (κ2) is 10.9. The third-order valence-corrected chi connectivity index (χ3v) is 12.2. The summed E-state index contributed by atoms with van der Waals surface area (Å²) in [5, 5.41) is 2.72. The number of benzene rings is 5. The molecular formula is C40H30N4Si. The SMILES string of the molecule is C[Si]1(C)c2ccccc2-c2nc(-c3cccc(-c4nc(-c5ccccc5)cc(-c5ccccc5)n4)c3)nc(-c3ccccc3)c21. The summed E-state index contributed by atoms with van der Waals surface area (Å²) in [4.78, 5) is 20.7. The van der Waals surface area contributed by atoms with E-state index in [1.807, 2.05) is 36.4 Å². The van der Waals surface area contributed by atoms with Crippen molar-refractivity contribution in [2.24, 2.45) is 0 Å². The van der Waals surface area contributed by atoms with Gasteiger partial charge in [0.15, 0.2) is 11.6 Å². The van der Waals surface area contributed by atoms with Crippen molar-refractivity contribution < 1.29 is 0 Å². The maximum atomic E-state index is 5.31. The average Bonchev–Trinajstić information content (AvgIpc) is 3.35. The van der Waals surface area contributed by atoms with E-state index < -0.39 is 8.07 Å². The van der Waals surface area contributed by atoms with Gasteiger partial charge >= 0.3 is 0 Å². The zero-order chi connectivity index (χ0) is 30.4. The summed E-state index contributed by atoms with van der Waals surface area (Å²) in [6.07, 6.45) is 0. The molecule has 0 saturated heterocycles. The number of nitrogens with zero attached hydrogens (tertiary/aromatic N) is 4. The molecule has 0 unspecified atom stereocenters. The Balaban J connectivity index is 1.31. The van der Waals surface area contributed by atoms with Crippen molar-refractivity contribution >= 4 is 18.4 Å². The Hall–Kier alpha value is -5.52. The molecule has 2 aromatic heterocycles. The van der Waals surface area contributed by atoms with Gasteiger partial charge < -0.3 is 0 Å². The lowest BCUT2D eigenvalue weighted by Crippen LogP contribution is -2.50. The molecule has 4 nitrogen and oxygen atoms in total. The maximum Gasteiger partial charge on any atom is 0.160 e. The van der Waals surface area contributed by atoms with Gasteiger partial charge in [0, 0.05) is 27.8 Å². The minimum Gasteiger partial charge on any atom is -0.228 e. The first-order valence-corrected chi connectivity index (χ1v) is 18.2. The summed E-state index contributed by atoms with van der Waals surface area (Å²) >= 11 is 0. The van der Waals surface area contributed by atoms with E-state index in [-0.39, 0.29) is 0 Å². The smallest absolute Gasteiger partial charge is 0.160 e. The highest BCUT2D eigenvalue weighted by Gasteiger charge is 2.41. The van der Waals surface area contributed by atoms with Crippen molar-refractivity contribution in [1.29, 1.82) is 0 Å². The van der Waals surface area contributed by atoms with E-state index in [2.05, 4.69) is 122 Å². The second-order valence-corrected chi connectivity index (χ2v) is 16.2. The Morgan fingerprint density at radius 2 is 0.867 bits per heavy atom. The van der Waals surface area contributed by atoms with Crippen molar-refractivity contribution in [1.82, 2.24) is 19.9 Å². The minimum absolute atomic E-state index is 0.667. The molecule has 0 saturated carbocycles. The summed E-state index contributed by atoms with van der Waals surface area (Å²) in [5.74, 6) is 1.37. The van der Waals surface area contributed by atoms with E-state index in [0.29, 0.717) is 11.6 Å². The molecule has 0 fully saturated rings. The van der Waals surface area contributed by atoms with Gasteiger partial charge in [-0.15, -0.1) is 0 Å². The minimum atomic E-state index is -2.02. The maximum absolute atomic E-state index is 5.31. The van der Waals surface area contributed by atoms with Crippen LogP contribution in [0.3, 0.4) is 0 Å². The topological polar surface area (TPSA) is 51.6 Å². The van der Waals surface area contributed by atoms with Gasteiger partial charge in [-0.25, -0.2) is 19.9 Å². The first kappa shape index (κ1) is 27.1. The molecule has 0 atom stereocenters. The second-order valence-electron chi connectivity index (χ2n) is 11.9. The standard InChI is InChI=1S/C40H30N4Si/c1-45(2)35-24-13-12-23-32(35)37-38(45)36(29-19-10-5-11-20-29)43-40(44-37)31-22-14-21-30(25-31)39-41-33(27-15-6-3-7-16-27)26-34(42-39)28-17-8-4-9-18-28/h3-26H,1-2H3. The number of hydrogen-bond acceptors (Lipinski definition) is 4. The van der Waals surface area contributed by atoms with Crippen LogP contribution in [0.1, 0.15) is 0 Å². The summed E-state index contributed by atoms with van der Waals surface area (Å²) in [7, 11) is -2.02. The van der Waals surface area contributed by atoms with Gasteiger partial charge in [0.1, 0.15) is 8.07 Å². The van der Waals surface area contributed by atoms with E-state index in [0.717, 1.165) is 50.6 Å². The zero-order valence-electron chi connectivity index (χ0n) is 25.1. The molecule has 45 heavy (non-hydrogen) atoms. The molecule has 214 valence electrons. The average molecular weight is 595 g/mol. The Morgan fingerprint density at radius 1 is 0.400 bits per heavy atom. The fraction of sp³-hybridized carbons (Fsp3) is 0.0500. The van der Waals surface area contributed by atoms with Crippen molar-refractivity contribution in [2.45, 2.75) is 13.1 Å². The van der Waals surface area contributed by atoms with Crippen molar-refractivity contribution in [3.63, 3.8) is 0 Å². The third kappa shape index (κ3) is 4.78. The van der Waals surface area contributed by atoms with Gasteiger partial charge in [-0.2, -0.15) is 0 Å². The molecule has 0 spiro atoms. The monoisotopic (exact) mass is 594 g/mol. The highest BCUT2D eigenvalue weighted by atomic mass is 28.3. The van der Waals surface area contributed by atoms with Crippen LogP contribution in [0.2, 0.25) is 13.1 Å². The lowest BCUT2D eigenvalue weighted by Gasteiger charge is -2.21. The molecule has 5 heteroatoms. The van der Waals surface area contributed by atoms with Crippen LogP contribution in [0.25, 0.3) is 67.8 Å². The molecule has 0 bridgehead atoms. The van der Waals surface area contributed by atoms with E-state index in [1.165, 1.54) is 15.9 Å². The molecular weight excluding hydrogens is 565 g/mol. The molecule has 7 aromatic rings. The van der Waals surface area contributed by atoms with Gasteiger partial charge in [0.25, 0.3) is 0 Å². The Labute approximate surface area is 264 Å². The lowest BCUT2D eigenvalue weighted by atomic mass is 10.0. The summed E-state index contributed by atoms with van der Waals surface area (Å²) in [5.41, 5.74) is 10.2. The first-order chi connectivity index (χ1) is 22.1. The molecule has 0 N–H and O–H groups in total. The van der Waals surface area contributed by atoms with E-state index >= 15 is 0 Å². The van der Waals surface area contributed by atoms with Crippen LogP contribution in [-0.4, -0.2) is 28.0 Å². The fourth-order valence-corrected chi connectivity index (χ4v) is 9.67. The Morgan fingerprint density at radius 3 is 1.47 bits per heavy atom. The fourth-order valence-electron chi connectivity index (χ4n) is 6.44. The van der Waals surface area contributed by atoms with Gasteiger partial charge in [-0.05, 0) is 28.1 Å². The first-order valence-electron chi connectivity index (χ1n) is 15.2. The predicted molar refractivity (Wildman–Crippen MR) is 187 cm³/mol. The molecule has 5 aromatic carbocycles. The lowest BCUT2D eigenvalue weighted by molar-refractivity contribution is 1.18. The van der Waals surface area contributed by atoms with Crippen LogP contribution < -0.4 is 10.4 Å². The Kier molecular flexibility index (Phi) is 6.54. The highest BCUT2D eigenvalue weighted by molar-refractivity contribution is 7.04. The van der Waals surface area contributed by atoms with E-state index in [1.54, 1.807) is 0 Å². The molecule has 3 heterocycles. The number of fused-ring (bicyclic) bond motifs is 3. The molecule has 0 aliphatic carbocycles. The summed E-state index contributed by atoms with van der Waals surface area (Å²) in [6, 6.07) is 50.2. The van der Waals surface area contributed by atoms with Gasteiger partial charge in [0.2, 0.25) is 0 Å². The molecule has 1 aliphatic heterocycles. The van der Waals surface area contributed by atoms with E-state index in [4.69, 9.17) is 19.9 Å². The predicted octanol–water partition coefficient (Wildman–Crippen LogP) is 8.40. The van der Waals surface area contributed by atoms with E-state index in [9.17, 15) is 0 Å². The zero-order valence-corrected chi connectivity index (χ0v) is 26.1. The largest absolute Gasteiger partial charge is 0.228 e. The number of rotatable bonds is 5.